The van der Waals surface area contributed by atoms with Crippen LogP contribution in [0.15, 0.2) is 54.9 Å². The molecule has 30 heavy (non-hydrogen) atoms. The van der Waals surface area contributed by atoms with Crippen molar-refractivity contribution in [2.75, 3.05) is 18.1 Å². The van der Waals surface area contributed by atoms with Crippen LogP contribution in [0, 0.1) is 0 Å². The third kappa shape index (κ3) is 4.39. The smallest absolute Gasteiger partial charge is 0.370 e. The summed E-state index contributed by atoms with van der Waals surface area (Å²) in [6.45, 7) is 2.56. The second-order valence-corrected chi connectivity index (χ2v) is 7.49. The van der Waals surface area contributed by atoms with Crippen molar-refractivity contribution in [1.29, 1.82) is 0 Å². The fourth-order valence-corrected chi connectivity index (χ4v) is 3.53. The van der Waals surface area contributed by atoms with E-state index in [1.807, 2.05) is 24.0 Å². The lowest BCUT2D eigenvalue weighted by molar-refractivity contribution is -0.141. The van der Waals surface area contributed by atoms with Gasteiger partial charge in [-0.3, -0.25) is 4.98 Å². The van der Waals surface area contributed by atoms with E-state index in [-0.39, 0.29) is 23.8 Å². The Morgan fingerprint density at radius 1 is 1.13 bits per heavy atom. The Kier molecular flexibility index (Phi) is 5.62. The van der Waals surface area contributed by atoms with E-state index in [0.717, 1.165) is 11.6 Å². The largest absolute Gasteiger partial charge is 0.433 e. The molecule has 2 unspecified atom stereocenters. The quantitative estimate of drug-likeness (QED) is 0.568. The Balaban J connectivity index is 1.74. The second-order valence-electron chi connectivity index (χ2n) is 7.05. The zero-order valence-electron chi connectivity index (χ0n) is 16.0. The first-order valence-electron chi connectivity index (χ1n) is 9.31. The molecule has 4 rings (SSSR count). The molecule has 2 atom stereocenters. The molecule has 0 N–H and O–H groups in total. The maximum absolute atomic E-state index is 13.6. The summed E-state index contributed by atoms with van der Waals surface area (Å²) in [5, 5.41) is 0.571. The molecule has 0 aliphatic carbocycles. The van der Waals surface area contributed by atoms with Gasteiger partial charge < -0.3 is 9.64 Å². The molecule has 0 saturated carbocycles. The van der Waals surface area contributed by atoms with Crippen LogP contribution in [-0.4, -0.2) is 34.1 Å². The molecule has 0 radical (unpaired) electrons. The number of hydrogen-bond acceptors (Lipinski definition) is 5. The van der Waals surface area contributed by atoms with Crippen LogP contribution in [0.25, 0.3) is 11.4 Å². The Labute approximate surface area is 176 Å². The molecule has 156 valence electrons. The molecule has 1 aliphatic rings. The van der Waals surface area contributed by atoms with Gasteiger partial charge in [0.05, 0.1) is 19.2 Å². The van der Waals surface area contributed by atoms with Gasteiger partial charge in [-0.2, -0.15) is 13.2 Å². The predicted molar refractivity (Wildman–Crippen MR) is 107 cm³/mol. The van der Waals surface area contributed by atoms with Crippen LogP contribution in [0.5, 0.6) is 0 Å². The van der Waals surface area contributed by atoms with Crippen molar-refractivity contribution in [2.24, 2.45) is 0 Å². The summed E-state index contributed by atoms with van der Waals surface area (Å²) in [5.74, 6) is 0.171. The lowest BCUT2D eigenvalue weighted by atomic mass is 10.1. The first-order valence-corrected chi connectivity index (χ1v) is 9.69. The van der Waals surface area contributed by atoms with Gasteiger partial charge in [0.15, 0.2) is 11.5 Å². The molecule has 3 heterocycles. The lowest BCUT2D eigenvalue weighted by Gasteiger charge is -2.39. The zero-order chi connectivity index (χ0) is 21.3. The number of rotatable bonds is 3. The van der Waals surface area contributed by atoms with E-state index in [1.54, 1.807) is 24.3 Å². The third-order valence-electron chi connectivity index (χ3n) is 4.87. The number of aromatic nitrogens is 3. The minimum Gasteiger partial charge on any atom is -0.370 e. The molecule has 0 amide bonds. The number of morpholine rings is 1. The first-order chi connectivity index (χ1) is 14.3. The van der Waals surface area contributed by atoms with Gasteiger partial charge in [-0.15, -0.1) is 0 Å². The third-order valence-corrected chi connectivity index (χ3v) is 5.11. The van der Waals surface area contributed by atoms with E-state index in [4.69, 9.17) is 16.3 Å². The molecule has 1 aromatic carbocycles. The van der Waals surface area contributed by atoms with Crippen molar-refractivity contribution in [2.45, 2.75) is 25.2 Å². The van der Waals surface area contributed by atoms with Gasteiger partial charge in [0.1, 0.15) is 11.9 Å². The van der Waals surface area contributed by atoms with Crippen LogP contribution >= 0.6 is 11.6 Å². The van der Waals surface area contributed by atoms with Crippen LogP contribution in [0.1, 0.15) is 24.3 Å². The monoisotopic (exact) mass is 434 g/mol. The zero-order valence-corrected chi connectivity index (χ0v) is 16.7. The Bertz CT molecular complexity index is 1030. The highest BCUT2D eigenvalue weighted by Crippen LogP contribution is 2.34. The highest BCUT2D eigenvalue weighted by atomic mass is 35.5. The van der Waals surface area contributed by atoms with Gasteiger partial charge in [-0.1, -0.05) is 23.7 Å². The van der Waals surface area contributed by atoms with Crippen LogP contribution in [0.4, 0.5) is 19.0 Å². The van der Waals surface area contributed by atoms with Crippen LogP contribution in [0.3, 0.4) is 0 Å². The van der Waals surface area contributed by atoms with Gasteiger partial charge in [0.25, 0.3) is 0 Å². The molecule has 5 nitrogen and oxygen atoms in total. The number of alkyl halides is 3. The predicted octanol–water partition coefficient (Wildman–Crippen LogP) is 5.18. The number of nitrogens with zero attached hydrogens (tertiary/aromatic N) is 4. The number of ether oxygens (including phenoxy) is 1. The minimum absolute atomic E-state index is 0.0223. The highest BCUT2D eigenvalue weighted by molar-refractivity contribution is 6.30. The Morgan fingerprint density at radius 3 is 2.67 bits per heavy atom. The van der Waals surface area contributed by atoms with E-state index < -0.39 is 11.9 Å². The van der Waals surface area contributed by atoms with Crippen molar-refractivity contribution in [3.05, 3.63) is 71.1 Å². The van der Waals surface area contributed by atoms with Gasteiger partial charge in [-0.05, 0) is 36.8 Å². The summed E-state index contributed by atoms with van der Waals surface area (Å²) in [4.78, 5) is 13.9. The highest BCUT2D eigenvalue weighted by Gasteiger charge is 2.36. The summed E-state index contributed by atoms with van der Waals surface area (Å²) in [5.41, 5.74) is 0.276. The lowest BCUT2D eigenvalue weighted by Crippen LogP contribution is -2.45. The standard InChI is InChI=1S/C21H18ClF3N4O/c1-13-12-30-17(14-4-2-6-16(22)8-14)11-29(13)19-9-18(21(23,24)25)27-20(28-19)15-5-3-7-26-10-15/h2-10,13,17H,11-12H2,1H3. The number of pyridine rings is 1. The number of benzene rings is 1. The fraction of sp³-hybridized carbons (Fsp3) is 0.286. The van der Waals surface area contributed by atoms with Crippen LogP contribution in [0.2, 0.25) is 5.02 Å². The number of anilines is 1. The van der Waals surface area contributed by atoms with E-state index in [1.165, 1.54) is 12.4 Å². The molecule has 1 saturated heterocycles. The first kappa shape index (κ1) is 20.6. The maximum atomic E-state index is 13.6. The molecule has 1 fully saturated rings. The van der Waals surface area contributed by atoms with Gasteiger partial charge >= 0.3 is 6.18 Å². The molecule has 0 spiro atoms. The average molecular weight is 435 g/mol. The van der Waals surface area contributed by atoms with Gasteiger partial charge in [-0.25, -0.2) is 9.97 Å². The fourth-order valence-electron chi connectivity index (χ4n) is 3.34. The number of hydrogen-bond donors (Lipinski definition) is 0. The van der Waals surface area contributed by atoms with E-state index in [9.17, 15) is 13.2 Å². The molecule has 2 aromatic heterocycles. The van der Waals surface area contributed by atoms with Crippen molar-refractivity contribution >= 4 is 17.4 Å². The summed E-state index contributed by atoms with van der Waals surface area (Å²) < 4.78 is 46.6. The van der Waals surface area contributed by atoms with Gasteiger partial charge in [0.2, 0.25) is 0 Å². The van der Waals surface area contributed by atoms with E-state index >= 15 is 0 Å². The number of halogens is 4. The van der Waals surface area contributed by atoms with Crippen LogP contribution < -0.4 is 4.90 Å². The van der Waals surface area contributed by atoms with Crippen molar-refractivity contribution in [3.8, 4) is 11.4 Å². The summed E-state index contributed by atoms with van der Waals surface area (Å²) in [6.07, 6.45) is -1.96. The minimum atomic E-state index is -4.60. The van der Waals surface area contributed by atoms with E-state index in [0.29, 0.717) is 23.7 Å². The Morgan fingerprint density at radius 2 is 1.97 bits per heavy atom. The second kappa shape index (κ2) is 8.20. The van der Waals surface area contributed by atoms with Gasteiger partial charge in [0, 0.05) is 29.0 Å². The molecule has 3 aromatic rings. The summed E-state index contributed by atoms with van der Waals surface area (Å²) >= 11 is 6.09. The Hall–Kier alpha value is -2.71. The van der Waals surface area contributed by atoms with E-state index in [2.05, 4.69) is 15.0 Å². The maximum Gasteiger partial charge on any atom is 0.433 e. The SMILES string of the molecule is CC1COC(c2cccc(Cl)c2)CN1c1cc(C(F)(F)F)nc(-c2cccnc2)n1. The molecule has 9 heteroatoms. The average Bonchev–Trinajstić information content (AvgIpc) is 2.74. The summed E-state index contributed by atoms with van der Waals surface area (Å²) in [7, 11) is 0. The van der Waals surface area contributed by atoms with Crippen molar-refractivity contribution in [3.63, 3.8) is 0 Å². The van der Waals surface area contributed by atoms with Crippen molar-refractivity contribution in [1.82, 2.24) is 15.0 Å². The molecule has 1 aliphatic heterocycles. The molecular formula is C21H18ClF3N4O. The molecule has 0 bridgehead atoms. The van der Waals surface area contributed by atoms with Crippen molar-refractivity contribution < 1.29 is 17.9 Å². The summed E-state index contributed by atoms with van der Waals surface area (Å²) in [6, 6.07) is 11.3. The normalized spacial score (nSPS) is 19.7. The van der Waals surface area contributed by atoms with Crippen LogP contribution in [-0.2, 0) is 10.9 Å². The topological polar surface area (TPSA) is 51.1 Å². The molecular weight excluding hydrogens is 417 g/mol.